The quantitative estimate of drug-likeness (QED) is 0.731. The maximum absolute atomic E-state index is 11.8. The zero-order valence-electron chi connectivity index (χ0n) is 10.4. The topological polar surface area (TPSA) is 47.4 Å². The van der Waals surface area contributed by atoms with Crippen molar-refractivity contribution in [1.82, 2.24) is 14.7 Å². The molecule has 94 valence electrons. The van der Waals surface area contributed by atoms with Crippen LogP contribution in [-0.2, 0) is 23.1 Å². The molecule has 2 heterocycles. The summed E-state index contributed by atoms with van der Waals surface area (Å²) in [5, 5.41) is 4.34. The van der Waals surface area contributed by atoms with Gasteiger partial charge in [-0.3, -0.25) is 14.4 Å². The Morgan fingerprint density at radius 2 is 2.47 bits per heavy atom. The molecule has 0 radical (unpaired) electrons. The van der Waals surface area contributed by atoms with Crippen molar-refractivity contribution < 1.29 is 9.53 Å². The molecule has 5 nitrogen and oxygen atoms in total. The van der Waals surface area contributed by atoms with Crippen LogP contribution in [0.4, 0.5) is 0 Å². The molecule has 0 N–H and O–H groups in total. The summed E-state index contributed by atoms with van der Waals surface area (Å²) < 4.78 is 6.88. The van der Waals surface area contributed by atoms with Gasteiger partial charge in [0.15, 0.2) is 0 Å². The zero-order valence-corrected chi connectivity index (χ0v) is 10.4. The summed E-state index contributed by atoms with van der Waals surface area (Å²) in [6, 6.07) is 1.90. The molecular formula is C12H19N3O2. The highest BCUT2D eigenvalue weighted by Crippen LogP contribution is 2.20. The van der Waals surface area contributed by atoms with E-state index in [0.29, 0.717) is 6.61 Å². The van der Waals surface area contributed by atoms with Gasteiger partial charge in [0.2, 0.25) is 0 Å². The molecular weight excluding hydrogens is 218 g/mol. The van der Waals surface area contributed by atoms with Gasteiger partial charge in [-0.2, -0.15) is 5.10 Å². The maximum atomic E-state index is 11.8. The number of ether oxygens (including phenoxy) is 1. The lowest BCUT2D eigenvalue weighted by Gasteiger charge is -2.21. The Morgan fingerprint density at radius 3 is 3.12 bits per heavy atom. The van der Waals surface area contributed by atoms with Crippen molar-refractivity contribution in [2.24, 2.45) is 7.05 Å². The van der Waals surface area contributed by atoms with E-state index in [1.54, 1.807) is 4.68 Å². The number of esters is 1. The molecule has 1 atom stereocenters. The summed E-state index contributed by atoms with van der Waals surface area (Å²) >= 11 is 0. The number of carbonyl (C=O) groups excluding carboxylic acids is 1. The second-order valence-electron chi connectivity index (χ2n) is 4.36. The Morgan fingerprint density at radius 1 is 1.65 bits per heavy atom. The molecule has 1 unspecified atom stereocenters. The highest BCUT2D eigenvalue weighted by molar-refractivity contribution is 5.76. The smallest absolute Gasteiger partial charge is 0.323 e. The van der Waals surface area contributed by atoms with Gasteiger partial charge in [0, 0.05) is 19.8 Å². The Hall–Kier alpha value is -1.36. The summed E-state index contributed by atoms with van der Waals surface area (Å²) in [6.07, 6.45) is 3.87. The minimum Gasteiger partial charge on any atom is -0.465 e. The molecule has 0 saturated carbocycles. The number of likely N-dealkylation sites (tertiary alicyclic amines) is 1. The number of aromatic nitrogens is 2. The van der Waals surface area contributed by atoms with Gasteiger partial charge in [0.05, 0.1) is 12.3 Å². The van der Waals surface area contributed by atoms with Gasteiger partial charge in [-0.1, -0.05) is 0 Å². The molecule has 0 amide bonds. The van der Waals surface area contributed by atoms with Crippen LogP contribution in [-0.4, -0.2) is 39.8 Å². The van der Waals surface area contributed by atoms with Crippen LogP contribution in [0.2, 0.25) is 0 Å². The van der Waals surface area contributed by atoms with Gasteiger partial charge in [0.25, 0.3) is 0 Å². The summed E-state index contributed by atoms with van der Waals surface area (Å²) in [5.41, 5.74) is 1.00. The summed E-state index contributed by atoms with van der Waals surface area (Å²) in [5.74, 6) is -0.0964. The van der Waals surface area contributed by atoms with Crippen molar-refractivity contribution >= 4 is 5.97 Å². The second-order valence-corrected chi connectivity index (χ2v) is 4.36. The van der Waals surface area contributed by atoms with Crippen LogP contribution >= 0.6 is 0 Å². The Balaban J connectivity index is 1.97. The zero-order chi connectivity index (χ0) is 12.3. The third kappa shape index (κ3) is 2.85. The van der Waals surface area contributed by atoms with Crippen molar-refractivity contribution in [3.05, 3.63) is 18.0 Å². The molecule has 1 aliphatic rings. The first-order valence-corrected chi connectivity index (χ1v) is 6.10. The lowest BCUT2D eigenvalue weighted by Crippen LogP contribution is -2.36. The van der Waals surface area contributed by atoms with E-state index in [2.05, 4.69) is 10.00 Å². The van der Waals surface area contributed by atoms with E-state index in [1.165, 1.54) is 0 Å². The van der Waals surface area contributed by atoms with E-state index < -0.39 is 0 Å². The van der Waals surface area contributed by atoms with Gasteiger partial charge in [-0.25, -0.2) is 0 Å². The van der Waals surface area contributed by atoms with Crippen LogP contribution in [0, 0.1) is 0 Å². The van der Waals surface area contributed by atoms with Crippen molar-refractivity contribution in [1.29, 1.82) is 0 Å². The Bertz CT molecular complexity index is 389. The number of nitrogens with zero attached hydrogens (tertiary/aromatic N) is 3. The monoisotopic (exact) mass is 237 g/mol. The molecule has 0 aromatic carbocycles. The summed E-state index contributed by atoms with van der Waals surface area (Å²) in [7, 11) is 1.90. The number of hydrogen-bond acceptors (Lipinski definition) is 4. The van der Waals surface area contributed by atoms with Gasteiger partial charge in [-0.15, -0.1) is 0 Å². The standard InChI is InChI=1S/C12H19N3O2/c1-3-17-12(16)11-5-4-7-15(11)9-10-6-8-14(2)13-10/h6,8,11H,3-5,7,9H2,1-2H3. The molecule has 1 aliphatic heterocycles. The van der Waals surface area contributed by atoms with Crippen molar-refractivity contribution in [2.45, 2.75) is 32.4 Å². The average molecular weight is 237 g/mol. The van der Waals surface area contributed by atoms with Crippen LogP contribution in [0.1, 0.15) is 25.5 Å². The molecule has 0 bridgehead atoms. The van der Waals surface area contributed by atoms with Crippen LogP contribution in [0.3, 0.4) is 0 Å². The molecule has 5 heteroatoms. The minimum absolute atomic E-state index is 0.0862. The van der Waals surface area contributed by atoms with Gasteiger partial charge < -0.3 is 4.74 Å². The van der Waals surface area contributed by atoms with Crippen LogP contribution in [0.5, 0.6) is 0 Å². The van der Waals surface area contributed by atoms with Crippen LogP contribution in [0.25, 0.3) is 0 Å². The van der Waals surface area contributed by atoms with Crippen LogP contribution < -0.4 is 0 Å². The van der Waals surface area contributed by atoms with E-state index in [0.717, 1.165) is 31.6 Å². The summed E-state index contributed by atoms with van der Waals surface area (Å²) in [4.78, 5) is 13.9. The van der Waals surface area contributed by atoms with E-state index in [-0.39, 0.29) is 12.0 Å². The van der Waals surface area contributed by atoms with E-state index >= 15 is 0 Å². The third-order valence-corrected chi connectivity index (χ3v) is 3.06. The van der Waals surface area contributed by atoms with E-state index in [9.17, 15) is 4.79 Å². The van der Waals surface area contributed by atoms with Crippen LogP contribution in [0.15, 0.2) is 12.3 Å². The summed E-state index contributed by atoms with van der Waals surface area (Å²) in [6.45, 7) is 3.97. The fraction of sp³-hybridized carbons (Fsp3) is 0.667. The fourth-order valence-corrected chi connectivity index (χ4v) is 2.28. The Kier molecular flexibility index (Phi) is 3.78. The minimum atomic E-state index is -0.0964. The number of rotatable bonds is 4. The van der Waals surface area contributed by atoms with Crippen molar-refractivity contribution in [2.75, 3.05) is 13.2 Å². The third-order valence-electron chi connectivity index (χ3n) is 3.06. The van der Waals surface area contributed by atoms with Crippen molar-refractivity contribution in [3.8, 4) is 0 Å². The molecule has 0 aliphatic carbocycles. The molecule has 2 rings (SSSR count). The molecule has 0 spiro atoms. The largest absolute Gasteiger partial charge is 0.465 e. The number of hydrogen-bond donors (Lipinski definition) is 0. The normalized spacial score (nSPS) is 20.7. The van der Waals surface area contributed by atoms with Gasteiger partial charge >= 0.3 is 5.97 Å². The number of carbonyl (C=O) groups is 1. The van der Waals surface area contributed by atoms with E-state index in [4.69, 9.17) is 4.74 Å². The molecule has 1 aromatic heterocycles. The predicted octanol–water partition coefficient (Wildman–Crippen LogP) is 0.948. The van der Waals surface area contributed by atoms with Gasteiger partial charge in [-0.05, 0) is 32.4 Å². The first kappa shape index (κ1) is 12.1. The molecule has 1 saturated heterocycles. The molecule has 17 heavy (non-hydrogen) atoms. The molecule has 1 fully saturated rings. The first-order chi connectivity index (χ1) is 8.20. The van der Waals surface area contributed by atoms with Gasteiger partial charge in [0.1, 0.15) is 6.04 Å². The highest BCUT2D eigenvalue weighted by Gasteiger charge is 2.31. The van der Waals surface area contributed by atoms with E-state index in [1.807, 2.05) is 26.2 Å². The maximum Gasteiger partial charge on any atom is 0.323 e. The lowest BCUT2D eigenvalue weighted by atomic mass is 10.2. The SMILES string of the molecule is CCOC(=O)C1CCCN1Cc1ccn(C)n1. The lowest BCUT2D eigenvalue weighted by molar-refractivity contribution is -0.148. The number of aryl methyl sites for hydroxylation is 1. The average Bonchev–Trinajstić information content (AvgIpc) is 2.89. The first-order valence-electron chi connectivity index (χ1n) is 6.10. The predicted molar refractivity (Wildman–Crippen MR) is 63.3 cm³/mol. The highest BCUT2D eigenvalue weighted by atomic mass is 16.5. The second kappa shape index (κ2) is 5.31. The fourth-order valence-electron chi connectivity index (χ4n) is 2.28. The molecule has 1 aromatic rings. The van der Waals surface area contributed by atoms with Crippen molar-refractivity contribution in [3.63, 3.8) is 0 Å². The Labute approximate surface area is 101 Å².